The first-order valence-electron chi connectivity index (χ1n) is 11.8. The summed E-state index contributed by atoms with van der Waals surface area (Å²) in [6.45, 7) is 6.77. The second kappa shape index (κ2) is 11.1. The first-order chi connectivity index (χ1) is 17.6. The van der Waals surface area contributed by atoms with Crippen molar-refractivity contribution in [2.75, 3.05) is 26.0 Å². The van der Waals surface area contributed by atoms with Gasteiger partial charge in [-0.05, 0) is 50.1 Å². The van der Waals surface area contributed by atoms with E-state index in [0.29, 0.717) is 31.1 Å². The molecule has 0 saturated carbocycles. The van der Waals surface area contributed by atoms with Crippen LogP contribution in [0.4, 0.5) is 14.9 Å². The van der Waals surface area contributed by atoms with E-state index in [1.54, 1.807) is 30.3 Å². The summed E-state index contributed by atoms with van der Waals surface area (Å²) in [5.74, 6) is 0.0972. The van der Waals surface area contributed by atoms with Crippen molar-refractivity contribution in [3.63, 3.8) is 0 Å². The monoisotopic (exact) mass is 523 g/mol. The second-order valence-corrected chi connectivity index (χ2v) is 10.6. The molecule has 1 amide bonds. The van der Waals surface area contributed by atoms with Crippen molar-refractivity contribution in [2.45, 2.75) is 32.9 Å². The molecular formula is C28H30FN3O4S. The Balaban J connectivity index is 1.53. The molecule has 0 aliphatic heterocycles. The number of nitrogen functional groups attached to an aromatic ring is 1. The van der Waals surface area contributed by atoms with E-state index in [1.807, 2.05) is 51.1 Å². The van der Waals surface area contributed by atoms with Gasteiger partial charge in [-0.1, -0.05) is 24.3 Å². The number of amides is 1. The quantitative estimate of drug-likeness (QED) is 0.254. The fourth-order valence-electron chi connectivity index (χ4n) is 3.61. The highest BCUT2D eigenvalue weighted by Crippen LogP contribution is 2.39. The number of fused-ring (bicyclic) bond motifs is 1. The highest BCUT2D eigenvalue weighted by molar-refractivity contribution is 7.22. The van der Waals surface area contributed by atoms with Crippen LogP contribution in [-0.2, 0) is 16.0 Å². The number of rotatable bonds is 8. The number of nitrogens with two attached hydrogens (primary N) is 1. The summed E-state index contributed by atoms with van der Waals surface area (Å²) in [4.78, 5) is 19.7. The molecule has 2 heterocycles. The molecule has 194 valence electrons. The summed E-state index contributed by atoms with van der Waals surface area (Å²) in [6.07, 6.45) is 1.26. The van der Waals surface area contributed by atoms with Gasteiger partial charge >= 0.3 is 6.09 Å². The maximum absolute atomic E-state index is 14.3. The molecule has 0 unspecified atom stereocenters. The predicted octanol–water partition coefficient (Wildman–Crippen LogP) is 6.86. The van der Waals surface area contributed by atoms with Crippen LogP contribution in [0.1, 0.15) is 26.3 Å². The molecule has 0 saturated heterocycles. The van der Waals surface area contributed by atoms with Crippen LogP contribution >= 0.6 is 11.3 Å². The number of pyridine rings is 1. The first kappa shape index (κ1) is 26.4. The molecule has 4 rings (SSSR count). The lowest BCUT2D eigenvalue weighted by Crippen LogP contribution is -2.38. The lowest BCUT2D eigenvalue weighted by atomic mass is 10.1. The fourth-order valence-corrected chi connectivity index (χ4v) is 4.68. The number of hydrogen-bond acceptors (Lipinski definition) is 7. The van der Waals surface area contributed by atoms with E-state index in [4.69, 9.17) is 19.9 Å². The van der Waals surface area contributed by atoms with Gasteiger partial charge in [0.25, 0.3) is 0 Å². The number of thiophene rings is 1. The number of carbonyl (C=O) groups excluding carboxylic acids is 1. The Kier molecular flexibility index (Phi) is 7.94. The third-order valence-corrected chi connectivity index (χ3v) is 6.57. The highest BCUT2D eigenvalue weighted by Gasteiger charge is 2.22. The number of benzene rings is 2. The summed E-state index contributed by atoms with van der Waals surface area (Å²) in [7, 11) is 1.60. The van der Waals surface area contributed by atoms with E-state index in [2.05, 4.69) is 4.98 Å². The standard InChI is InChI=1S/C28H30FN3O4S/c1-28(2,3)36-27(33)32(13-14-34-4)17-18-5-7-19(8-6-18)25-16-22-26(37-25)24(11-12-31-22)35-23-10-9-20(30)15-21(23)29/h5-12,15-16H,13-14,17,30H2,1-4H3. The summed E-state index contributed by atoms with van der Waals surface area (Å²) < 4.78 is 31.7. The van der Waals surface area contributed by atoms with Gasteiger partial charge in [0.15, 0.2) is 11.6 Å². The van der Waals surface area contributed by atoms with Crippen LogP contribution in [0.5, 0.6) is 11.5 Å². The minimum Gasteiger partial charge on any atom is -0.453 e. The van der Waals surface area contributed by atoms with Gasteiger partial charge in [-0.3, -0.25) is 4.98 Å². The van der Waals surface area contributed by atoms with Crippen molar-refractivity contribution in [2.24, 2.45) is 0 Å². The van der Waals surface area contributed by atoms with Crippen molar-refractivity contribution >= 4 is 33.3 Å². The van der Waals surface area contributed by atoms with Crippen molar-refractivity contribution < 1.29 is 23.4 Å². The largest absolute Gasteiger partial charge is 0.453 e. The number of anilines is 1. The molecule has 4 aromatic rings. The molecule has 0 aliphatic rings. The van der Waals surface area contributed by atoms with Crippen molar-refractivity contribution in [1.82, 2.24) is 9.88 Å². The Morgan fingerprint density at radius 1 is 1.08 bits per heavy atom. The Morgan fingerprint density at radius 3 is 2.51 bits per heavy atom. The summed E-state index contributed by atoms with van der Waals surface area (Å²) in [5.41, 5.74) is 8.12. The SMILES string of the molecule is COCCN(Cc1ccc(-c2cc3nccc(Oc4ccc(N)cc4F)c3s2)cc1)C(=O)OC(C)(C)C. The van der Waals surface area contributed by atoms with Gasteiger partial charge in [0.2, 0.25) is 0 Å². The number of hydrogen-bond donors (Lipinski definition) is 1. The lowest BCUT2D eigenvalue weighted by molar-refractivity contribution is 0.0184. The molecule has 0 atom stereocenters. The molecule has 37 heavy (non-hydrogen) atoms. The van der Waals surface area contributed by atoms with Crippen LogP contribution < -0.4 is 10.5 Å². The van der Waals surface area contributed by atoms with Gasteiger partial charge < -0.3 is 24.8 Å². The van der Waals surface area contributed by atoms with E-state index in [0.717, 1.165) is 26.2 Å². The van der Waals surface area contributed by atoms with Gasteiger partial charge in [-0.15, -0.1) is 11.3 Å². The third kappa shape index (κ3) is 6.75. The van der Waals surface area contributed by atoms with E-state index < -0.39 is 11.4 Å². The van der Waals surface area contributed by atoms with E-state index >= 15 is 0 Å². The maximum Gasteiger partial charge on any atom is 0.410 e. The molecular weight excluding hydrogens is 493 g/mol. The summed E-state index contributed by atoms with van der Waals surface area (Å²) in [6, 6.07) is 16.0. The molecule has 0 spiro atoms. The van der Waals surface area contributed by atoms with E-state index in [9.17, 15) is 9.18 Å². The number of aromatic nitrogens is 1. The Bertz CT molecular complexity index is 1380. The maximum atomic E-state index is 14.3. The molecule has 0 bridgehead atoms. The molecule has 9 heteroatoms. The summed E-state index contributed by atoms with van der Waals surface area (Å²) >= 11 is 1.51. The second-order valence-electron chi connectivity index (χ2n) is 9.52. The first-order valence-corrected chi connectivity index (χ1v) is 12.6. The van der Waals surface area contributed by atoms with Crippen LogP contribution in [0, 0.1) is 5.82 Å². The Morgan fingerprint density at radius 2 is 1.84 bits per heavy atom. The van der Waals surface area contributed by atoms with Crippen molar-refractivity contribution in [3.05, 3.63) is 72.2 Å². The number of nitrogens with zero attached hydrogens (tertiary/aromatic N) is 2. The number of carbonyl (C=O) groups is 1. The zero-order valence-electron chi connectivity index (χ0n) is 21.3. The number of halogens is 1. The molecule has 0 fully saturated rings. The van der Waals surface area contributed by atoms with Crippen LogP contribution in [0.2, 0.25) is 0 Å². The van der Waals surface area contributed by atoms with Gasteiger partial charge in [0.05, 0.1) is 16.8 Å². The number of ether oxygens (including phenoxy) is 3. The van der Waals surface area contributed by atoms with Crippen LogP contribution in [0.25, 0.3) is 20.7 Å². The fraction of sp³-hybridized carbons (Fsp3) is 0.286. The van der Waals surface area contributed by atoms with Crippen LogP contribution in [0.3, 0.4) is 0 Å². The van der Waals surface area contributed by atoms with Gasteiger partial charge in [0, 0.05) is 49.1 Å². The molecule has 7 nitrogen and oxygen atoms in total. The Hall–Kier alpha value is -3.69. The lowest BCUT2D eigenvalue weighted by Gasteiger charge is -2.27. The van der Waals surface area contributed by atoms with Crippen molar-refractivity contribution in [3.8, 4) is 21.9 Å². The van der Waals surface area contributed by atoms with E-state index in [1.165, 1.54) is 23.5 Å². The van der Waals surface area contributed by atoms with Gasteiger partial charge in [-0.25, -0.2) is 9.18 Å². The van der Waals surface area contributed by atoms with Crippen LogP contribution in [0.15, 0.2) is 60.8 Å². The van der Waals surface area contributed by atoms with Gasteiger partial charge in [-0.2, -0.15) is 0 Å². The molecule has 2 aromatic heterocycles. The smallest absolute Gasteiger partial charge is 0.410 e. The number of methoxy groups -OCH3 is 1. The molecule has 2 aromatic carbocycles. The molecule has 0 radical (unpaired) electrons. The predicted molar refractivity (Wildman–Crippen MR) is 144 cm³/mol. The normalized spacial score (nSPS) is 11.5. The van der Waals surface area contributed by atoms with Crippen LogP contribution in [-0.4, -0.2) is 41.8 Å². The zero-order valence-corrected chi connectivity index (χ0v) is 22.1. The van der Waals surface area contributed by atoms with E-state index in [-0.39, 0.29) is 11.8 Å². The average molecular weight is 524 g/mol. The molecule has 2 N–H and O–H groups in total. The average Bonchev–Trinajstić information content (AvgIpc) is 3.28. The third-order valence-electron chi connectivity index (χ3n) is 5.38. The van der Waals surface area contributed by atoms with Gasteiger partial charge in [0.1, 0.15) is 11.4 Å². The summed E-state index contributed by atoms with van der Waals surface area (Å²) in [5, 5.41) is 0. The minimum atomic E-state index is -0.580. The topological polar surface area (TPSA) is 86.9 Å². The molecule has 0 aliphatic carbocycles. The van der Waals surface area contributed by atoms with Crippen molar-refractivity contribution in [1.29, 1.82) is 0 Å². The highest BCUT2D eigenvalue weighted by atomic mass is 32.1. The zero-order chi connectivity index (χ0) is 26.6. The Labute approximate surface area is 219 Å². The minimum absolute atomic E-state index is 0.101.